The minimum Gasteiger partial charge on any atom is -0.456 e. The molecule has 8 aromatic carbocycles. The quantitative estimate of drug-likeness (QED) is 0.165. The molecule has 0 amide bonds. The van der Waals surface area contributed by atoms with Gasteiger partial charge >= 0.3 is 0 Å². The molecule has 1 aliphatic heterocycles. The molecule has 0 unspecified atom stereocenters. The van der Waals surface area contributed by atoms with Gasteiger partial charge in [-0.1, -0.05) is 164 Å². The number of furan rings is 1. The number of rotatable bonds is 5. The molecule has 0 radical (unpaired) electrons. The second kappa shape index (κ2) is 12.3. The first-order valence-corrected chi connectivity index (χ1v) is 21.4. The van der Waals surface area contributed by atoms with Gasteiger partial charge in [-0.15, -0.1) is 0 Å². The molecule has 0 saturated carbocycles. The smallest absolute Gasteiger partial charge is 0.185 e. The van der Waals surface area contributed by atoms with Crippen molar-refractivity contribution in [3.8, 4) is 39.6 Å². The number of benzene rings is 8. The molecule has 12 rings (SSSR count). The van der Waals surface area contributed by atoms with Crippen molar-refractivity contribution < 1.29 is 4.42 Å². The summed E-state index contributed by atoms with van der Waals surface area (Å²) in [7, 11) is -3.08. The van der Waals surface area contributed by atoms with Gasteiger partial charge < -0.3 is 8.98 Å². The highest BCUT2D eigenvalue weighted by atomic mass is 28.3. The first kappa shape index (κ1) is 32.0. The summed E-state index contributed by atoms with van der Waals surface area (Å²) in [4.78, 5) is 11.1. The lowest BCUT2D eigenvalue weighted by molar-refractivity contribution is 0.669. The van der Waals surface area contributed by atoms with Crippen molar-refractivity contribution in [3.05, 3.63) is 200 Å². The molecule has 5 heteroatoms. The van der Waals surface area contributed by atoms with Crippen molar-refractivity contribution in [2.75, 3.05) is 0 Å². The lowest BCUT2D eigenvalue weighted by Crippen LogP contribution is -2.73. The Kier molecular flexibility index (Phi) is 6.91. The zero-order valence-electron chi connectivity index (χ0n) is 30.8. The van der Waals surface area contributed by atoms with Gasteiger partial charge in [0.2, 0.25) is 0 Å². The normalized spacial score (nSPS) is 13.1. The minimum atomic E-state index is -3.08. The number of hydrogen-bond acceptors (Lipinski definition) is 3. The maximum absolute atomic E-state index is 6.49. The van der Waals surface area contributed by atoms with Gasteiger partial charge in [0.1, 0.15) is 11.2 Å². The highest BCUT2D eigenvalue weighted by Crippen LogP contribution is 2.40. The Morgan fingerprint density at radius 3 is 1.74 bits per heavy atom. The number of aromatic nitrogens is 3. The van der Waals surface area contributed by atoms with Crippen LogP contribution in [0.5, 0.6) is 0 Å². The first-order valence-electron chi connectivity index (χ1n) is 19.4. The lowest BCUT2D eigenvalue weighted by Gasteiger charge is -2.32. The summed E-state index contributed by atoms with van der Waals surface area (Å²) in [5.41, 5.74) is 10.4. The van der Waals surface area contributed by atoms with Crippen LogP contribution in [0.25, 0.3) is 83.3 Å². The van der Waals surface area contributed by atoms with Gasteiger partial charge in [0.05, 0.1) is 22.4 Å². The molecule has 3 aromatic heterocycles. The standard InChI is InChI=1S/C52H33N3OSi/c1-5-17-34(18-6-1)49-51-50(54-52(53-49)35-19-7-2-8-20-35)41-30-29-36(31-48(41)57(51,37-21-9-3-10-22-37)38-23-11-4-12-24-38)55-44-27-15-13-25-39(44)42-32-43-40-26-14-16-28-46(40)56-47(43)33-45(42)55/h1-33H. The third kappa shape index (κ3) is 4.61. The second-order valence-electron chi connectivity index (χ2n) is 14.9. The van der Waals surface area contributed by atoms with Gasteiger partial charge in [0.15, 0.2) is 13.9 Å². The van der Waals surface area contributed by atoms with E-state index in [1.807, 2.05) is 12.1 Å². The fourth-order valence-electron chi connectivity index (χ4n) is 9.46. The highest BCUT2D eigenvalue weighted by Gasteiger charge is 2.52. The monoisotopic (exact) mass is 743 g/mol. The number of para-hydroxylation sites is 2. The van der Waals surface area contributed by atoms with E-state index in [1.54, 1.807) is 0 Å². The Bertz CT molecular complexity index is 3300. The fraction of sp³-hybridized carbons (Fsp3) is 0. The molecule has 0 fully saturated rings. The largest absolute Gasteiger partial charge is 0.456 e. The van der Waals surface area contributed by atoms with Crippen LogP contribution in [0.15, 0.2) is 205 Å². The summed E-state index contributed by atoms with van der Waals surface area (Å²) >= 11 is 0. The van der Waals surface area contributed by atoms with Crippen LogP contribution >= 0.6 is 0 Å². The van der Waals surface area contributed by atoms with Crippen LogP contribution in [0, 0.1) is 0 Å². The molecular formula is C52H33N3OSi. The number of nitrogens with zero attached hydrogens (tertiary/aromatic N) is 3. The van der Waals surface area contributed by atoms with E-state index >= 15 is 0 Å². The molecule has 0 N–H and O–H groups in total. The Morgan fingerprint density at radius 1 is 0.421 bits per heavy atom. The van der Waals surface area contributed by atoms with Gasteiger partial charge in [-0.25, -0.2) is 9.97 Å². The van der Waals surface area contributed by atoms with Crippen molar-refractivity contribution in [1.29, 1.82) is 0 Å². The topological polar surface area (TPSA) is 43.9 Å². The number of fused-ring (bicyclic) bond motifs is 9. The van der Waals surface area contributed by atoms with Crippen LogP contribution in [0.4, 0.5) is 0 Å². The molecule has 266 valence electrons. The van der Waals surface area contributed by atoms with Crippen LogP contribution in [-0.4, -0.2) is 22.6 Å². The van der Waals surface area contributed by atoms with E-state index in [1.165, 1.54) is 31.5 Å². The Hall–Kier alpha value is -7.34. The lowest BCUT2D eigenvalue weighted by atomic mass is 10.1. The van der Waals surface area contributed by atoms with Gasteiger partial charge in [0, 0.05) is 55.2 Å². The average molecular weight is 744 g/mol. The summed E-state index contributed by atoms with van der Waals surface area (Å²) in [5.74, 6) is 0.728. The van der Waals surface area contributed by atoms with E-state index in [0.29, 0.717) is 0 Å². The summed E-state index contributed by atoms with van der Waals surface area (Å²) < 4.78 is 8.92. The zero-order chi connectivity index (χ0) is 37.5. The third-order valence-corrected chi connectivity index (χ3v) is 16.7. The molecular weight excluding hydrogens is 711 g/mol. The molecule has 11 aromatic rings. The Morgan fingerprint density at radius 2 is 1.02 bits per heavy atom. The van der Waals surface area contributed by atoms with E-state index < -0.39 is 8.07 Å². The number of hydrogen-bond donors (Lipinski definition) is 0. The molecule has 57 heavy (non-hydrogen) atoms. The van der Waals surface area contributed by atoms with E-state index in [2.05, 4.69) is 193 Å². The summed E-state index contributed by atoms with van der Waals surface area (Å²) in [6.07, 6.45) is 0. The Balaban J connectivity index is 1.22. The van der Waals surface area contributed by atoms with E-state index in [-0.39, 0.29) is 0 Å². The highest BCUT2D eigenvalue weighted by molar-refractivity contribution is 7.22. The van der Waals surface area contributed by atoms with Crippen LogP contribution < -0.4 is 20.7 Å². The van der Waals surface area contributed by atoms with Crippen LogP contribution in [0.2, 0.25) is 0 Å². The molecule has 0 spiro atoms. The SMILES string of the molecule is c1ccc(-c2nc(-c3ccccc3)c3c(n2)-c2ccc(-n4c5ccccc5c5cc6c(cc54)oc4ccccc46)cc2[Si]3(c2ccccc2)c2ccccc2)cc1. The van der Waals surface area contributed by atoms with Crippen LogP contribution in [0.3, 0.4) is 0 Å². The molecule has 0 atom stereocenters. The van der Waals surface area contributed by atoms with E-state index in [0.717, 1.165) is 72.6 Å². The van der Waals surface area contributed by atoms with Gasteiger partial charge in [-0.2, -0.15) is 0 Å². The third-order valence-electron chi connectivity index (χ3n) is 11.9. The summed E-state index contributed by atoms with van der Waals surface area (Å²) in [6, 6.07) is 72.0. The van der Waals surface area contributed by atoms with E-state index in [9.17, 15) is 0 Å². The molecule has 4 nitrogen and oxygen atoms in total. The molecule has 1 aliphatic rings. The molecule has 0 saturated heterocycles. The predicted octanol–water partition coefficient (Wildman–Crippen LogP) is 10.2. The van der Waals surface area contributed by atoms with Crippen LogP contribution in [-0.2, 0) is 0 Å². The maximum Gasteiger partial charge on any atom is 0.185 e. The molecule has 0 bridgehead atoms. The van der Waals surface area contributed by atoms with Crippen molar-refractivity contribution in [2.45, 2.75) is 0 Å². The maximum atomic E-state index is 6.49. The summed E-state index contributed by atoms with van der Waals surface area (Å²) in [6.45, 7) is 0. The van der Waals surface area contributed by atoms with E-state index in [4.69, 9.17) is 14.4 Å². The van der Waals surface area contributed by atoms with Gasteiger partial charge in [-0.05, 0) is 45.9 Å². The fourth-order valence-corrected chi connectivity index (χ4v) is 14.7. The van der Waals surface area contributed by atoms with Crippen molar-refractivity contribution in [3.63, 3.8) is 0 Å². The second-order valence-corrected chi connectivity index (χ2v) is 18.6. The van der Waals surface area contributed by atoms with Gasteiger partial charge in [0.25, 0.3) is 0 Å². The first-order chi connectivity index (χ1) is 28.3. The van der Waals surface area contributed by atoms with Crippen molar-refractivity contribution in [1.82, 2.24) is 14.5 Å². The summed E-state index contributed by atoms with van der Waals surface area (Å²) in [5, 5.41) is 9.81. The predicted molar refractivity (Wildman–Crippen MR) is 237 cm³/mol. The van der Waals surface area contributed by atoms with Gasteiger partial charge in [-0.3, -0.25) is 0 Å². The Labute approximate surface area is 330 Å². The van der Waals surface area contributed by atoms with Crippen molar-refractivity contribution >= 4 is 72.6 Å². The van der Waals surface area contributed by atoms with Crippen molar-refractivity contribution in [2.24, 2.45) is 0 Å². The zero-order valence-corrected chi connectivity index (χ0v) is 31.8. The minimum absolute atomic E-state index is 0.728. The average Bonchev–Trinajstić information content (AvgIpc) is 3.92. The molecule has 0 aliphatic carbocycles. The molecule has 4 heterocycles. The van der Waals surface area contributed by atoms with Crippen LogP contribution in [0.1, 0.15) is 0 Å².